The van der Waals surface area contributed by atoms with E-state index < -0.39 is 0 Å². The third-order valence-electron chi connectivity index (χ3n) is 9.96. The number of fused-ring (bicyclic) bond motifs is 3. The molecule has 0 aliphatic heterocycles. The van der Waals surface area contributed by atoms with Gasteiger partial charge in [0, 0.05) is 29.9 Å². The molecule has 56 heavy (non-hydrogen) atoms. The number of nitrogens with two attached hydrogens (primary N) is 1. The highest BCUT2D eigenvalue weighted by molar-refractivity contribution is 6.16. The molecule has 1 heterocycles. The second-order valence-corrected chi connectivity index (χ2v) is 13.6. The van der Waals surface area contributed by atoms with Gasteiger partial charge in [0.05, 0.1) is 5.71 Å². The summed E-state index contributed by atoms with van der Waals surface area (Å²) in [6.07, 6.45) is 17.4. The van der Waals surface area contributed by atoms with Gasteiger partial charge >= 0.3 is 0 Å². The Hall–Kier alpha value is -7.36. The van der Waals surface area contributed by atoms with E-state index in [0.717, 1.165) is 55.8 Å². The van der Waals surface area contributed by atoms with E-state index in [9.17, 15) is 0 Å². The van der Waals surface area contributed by atoms with Crippen molar-refractivity contribution in [2.24, 2.45) is 10.7 Å². The number of aromatic nitrogens is 1. The summed E-state index contributed by atoms with van der Waals surface area (Å²) >= 11 is 0. The summed E-state index contributed by atoms with van der Waals surface area (Å²) in [5.74, 6) is 0. The third-order valence-corrected chi connectivity index (χ3v) is 9.96. The molecule has 3 nitrogen and oxygen atoms in total. The van der Waals surface area contributed by atoms with Crippen LogP contribution in [0.5, 0.6) is 0 Å². The Labute approximate surface area is 328 Å². The maximum Gasteiger partial charge on any atom is 0.0723 e. The number of hydrogen-bond acceptors (Lipinski definition) is 3. The van der Waals surface area contributed by atoms with Crippen molar-refractivity contribution < 1.29 is 0 Å². The van der Waals surface area contributed by atoms with E-state index in [0.29, 0.717) is 5.70 Å². The van der Waals surface area contributed by atoms with Gasteiger partial charge in [-0.2, -0.15) is 0 Å². The summed E-state index contributed by atoms with van der Waals surface area (Å²) in [5.41, 5.74) is 19.1. The van der Waals surface area contributed by atoms with Gasteiger partial charge in [-0.25, -0.2) is 0 Å². The van der Waals surface area contributed by atoms with Crippen molar-refractivity contribution in [2.45, 2.75) is 6.92 Å². The fourth-order valence-electron chi connectivity index (χ4n) is 7.10. The van der Waals surface area contributed by atoms with Crippen molar-refractivity contribution in [3.63, 3.8) is 0 Å². The number of hydrogen-bond donors (Lipinski definition) is 1. The van der Waals surface area contributed by atoms with E-state index in [-0.39, 0.29) is 0 Å². The Morgan fingerprint density at radius 3 is 1.86 bits per heavy atom. The van der Waals surface area contributed by atoms with Gasteiger partial charge in [0.2, 0.25) is 0 Å². The molecule has 7 aromatic carbocycles. The molecule has 8 rings (SSSR count). The predicted molar refractivity (Wildman–Crippen MR) is 239 cm³/mol. The molecule has 0 radical (unpaired) electrons. The lowest BCUT2D eigenvalue weighted by Gasteiger charge is -2.15. The zero-order chi connectivity index (χ0) is 38.1. The number of aliphatic imine (C=N–C) groups is 1. The second-order valence-electron chi connectivity index (χ2n) is 13.6. The molecule has 0 unspecified atom stereocenters. The highest BCUT2D eigenvalue weighted by Gasteiger charge is 2.14. The molecule has 0 spiro atoms. The Kier molecular flexibility index (Phi) is 10.7. The average molecular weight is 720 g/mol. The number of pyridine rings is 1. The van der Waals surface area contributed by atoms with Crippen LogP contribution < -0.4 is 5.73 Å². The first-order chi connectivity index (χ1) is 27.6. The maximum absolute atomic E-state index is 6.93. The average Bonchev–Trinajstić information content (AvgIpc) is 3.27. The number of benzene rings is 7. The number of allylic oxidation sites excluding steroid dienone is 6. The first-order valence-corrected chi connectivity index (χ1v) is 18.9. The van der Waals surface area contributed by atoms with Gasteiger partial charge in [-0.15, -0.1) is 0 Å². The third kappa shape index (κ3) is 7.94. The van der Waals surface area contributed by atoms with Gasteiger partial charge in [-0.1, -0.05) is 158 Å². The lowest BCUT2D eigenvalue weighted by molar-refractivity contribution is 1.33. The quantitative estimate of drug-likeness (QED) is 0.0869. The highest BCUT2D eigenvalue weighted by Crippen LogP contribution is 2.38. The molecule has 0 aliphatic carbocycles. The highest BCUT2D eigenvalue weighted by atomic mass is 14.7. The maximum atomic E-state index is 6.93. The van der Waals surface area contributed by atoms with Crippen molar-refractivity contribution >= 4 is 33.0 Å². The van der Waals surface area contributed by atoms with E-state index in [4.69, 9.17) is 10.7 Å². The van der Waals surface area contributed by atoms with Crippen molar-refractivity contribution in [3.05, 3.63) is 230 Å². The molecule has 0 aliphatic rings. The van der Waals surface area contributed by atoms with E-state index in [1.54, 1.807) is 6.20 Å². The zero-order valence-electron chi connectivity index (χ0n) is 31.3. The van der Waals surface area contributed by atoms with Crippen molar-refractivity contribution in [1.29, 1.82) is 0 Å². The first kappa shape index (κ1) is 35.7. The van der Waals surface area contributed by atoms with Gasteiger partial charge < -0.3 is 5.73 Å². The fourth-order valence-corrected chi connectivity index (χ4v) is 7.10. The lowest BCUT2D eigenvalue weighted by atomic mass is 9.89. The smallest absolute Gasteiger partial charge is 0.0723 e. The monoisotopic (exact) mass is 719 g/mol. The molecular weight excluding hydrogens is 679 g/mol. The Morgan fingerprint density at radius 2 is 1.11 bits per heavy atom. The predicted octanol–water partition coefficient (Wildman–Crippen LogP) is 13.5. The molecule has 0 bridgehead atoms. The number of rotatable bonds is 10. The second kappa shape index (κ2) is 16.8. The van der Waals surface area contributed by atoms with Crippen molar-refractivity contribution in [3.8, 4) is 44.5 Å². The van der Waals surface area contributed by atoms with Gasteiger partial charge in [0.15, 0.2) is 0 Å². The standard InChI is InChI=1S/C53H41N3/c1-2-3-4-5-13-31-56-53(36-52(54)42-28-26-39(27-29-42)38-15-7-6-8-16-38)47-33-45(41-24-22-40(23-25-41)44-18-14-30-55-37-44)32-46(34-47)51-35-43-17-9-10-19-48(43)49-20-11-12-21-50(49)51/h2-37H,54H2,1H3/b3-2+,5-4-,31-13-,52-36-,56-53+. The van der Waals surface area contributed by atoms with Gasteiger partial charge in [-0.3, -0.25) is 9.98 Å². The van der Waals surface area contributed by atoms with Crippen LogP contribution in [-0.4, -0.2) is 10.7 Å². The first-order valence-electron chi connectivity index (χ1n) is 18.9. The normalized spacial score (nSPS) is 12.4. The summed E-state index contributed by atoms with van der Waals surface area (Å²) in [4.78, 5) is 9.39. The van der Waals surface area contributed by atoms with Gasteiger partial charge in [0.25, 0.3) is 0 Å². The topological polar surface area (TPSA) is 51.3 Å². The van der Waals surface area contributed by atoms with Gasteiger partial charge in [0.1, 0.15) is 0 Å². The van der Waals surface area contributed by atoms with Crippen LogP contribution in [0, 0.1) is 0 Å². The van der Waals surface area contributed by atoms with Crippen LogP contribution in [0.3, 0.4) is 0 Å². The Morgan fingerprint density at radius 1 is 0.500 bits per heavy atom. The SMILES string of the molecule is C/C=C/C=C\C=C/N=C(\C=C(/N)c1ccc(-c2ccccc2)cc1)c1cc(-c2ccc(-c3cccnc3)cc2)cc(-c2cc3ccccc3c3ccccc23)c1. The van der Waals surface area contributed by atoms with Crippen LogP contribution >= 0.6 is 0 Å². The summed E-state index contributed by atoms with van der Waals surface area (Å²) < 4.78 is 0. The van der Waals surface area contributed by atoms with Crippen LogP contribution in [0.1, 0.15) is 18.1 Å². The summed E-state index contributed by atoms with van der Waals surface area (Å²) in [6.45, 7) is 2.00. The van der Waals surface area contributed by atoms with E-state index in [1.807, 2.05) is 67.9 Å². The minimum absolute atomic E-state index is 0.630. The van der Waals surface area contributed by atoms with Crippen molar-refractivity contribution in [2.75, 3.05) is 0 Å². The molecule has 268 valence electrons. The Balaban J connectivity index is 1.29. The van der Waals surface area contributed by atoms with E-state index in [2.05, 4.69) is 157 Å². The van der Waals surface area contributed by atoms with E-state index in [1.165, 1.54) is 27.1 Å². The lowest BCUT2D eigenvalue weighted by Crippen LogP contribution is -2.04. The van der Waals surface area contributed by atoms with Crippen LogP contribution in [0.4, 0.5) is 0 Å². The number of nitrogens with zero attached hydrogens (tertiary/aromatic N) is 2. The van der Waals surface area contributed by atoms with Gasteiger partial charge in [-0.05, 0) is 121 Å². The molecule has 0 saturated heterocycles. The zero-order valence-corrected chi connectivity index (χ0v) is 31.3. The van der Waals surface area contributed by atoms with Crippen LogP contribution in [0.25, 0.3) is 71.7 Å². The molecular formula is C53H41N3. The molecule has 0 fully saturated rings. The molecule has 0 saturated carbocycles. The molecule has 2 N–H and O–H groups in total. The molecule has 3 heteroatoms. The summed E-state index contributed by atoms with van der Waals surface area (Å²) in [5, 5.41) is 4.85. The Bertz CT molecular complexity index is 2770. The minimum Gasteiger partial charge on any atom is -0.398 e. The van der Waals surface area contributed by atoms with E-state index >= 15 is 0 Å². The molecule has 1 aromatic heterocycles. The summed E-state index contributed by atoms with van der Waals surface area (Å²) in [6, 6.07) is 57.9. The largest absolute Gasteiger partial charge is 0.398 e. The fraction of sp³-hybridized carbons (Fsp3) is 0.0189. The molecule has 0 atom stereocenters. The van der Waals surface area contributed by atoms with Crippen LogP contribution in [0.2, 0.25) is 0 Å². The minimum atomic E-state index is 0.630. The van der Waals surface area contributed by atoms with Crippen molar-refractivity contribution in [1.82, 2.24) is 4.98 Å². The molecule has 0 amide bonds. The molecule has 8 aromatic rings. The summed E-state index contributed by atoms with van der Waals surface area (Å²) in [7, 11) is 0. The van der Waals surface area contributed by atoms with Crippen LogP contribution in [-0.2, 0) is 0 Å². The van der Waals surface area contributed by atoms with Crippen LogP contribution in [0.15, 0.2) is 224 Å².